The third kappa shape index (κ3) is 3.42. The number of anilines is 1. The van der Waals surface area contributed by atoms with Gasteiger partial charge in [-0.1, -0.05) is 23.7 Å². The molecule has 0 atom stereocenters. The van der Waals surface area contributed by atoms with Gasteiger partial charge in [0.25, 0.3) is 0 Å². The Hall–Kier alpha value is -2.09. The second-order valence-electron chi connectivity index (χ2n) is 6.64. The number of carbonyl (C=O) groups excluding carboxylic acids is 1. The largest absolute Gasteiger partial charge is 0.441 e. The number of nitrogens with zero attached hydrogens (tertiary/aromatic N) is 2. The standard InChI is InChI=1S/C19H19ClN2O4S/c20-14-5-7-16(8-6-14)27(24,25)21-11-9-15(10-12-21)22-13-26-19(23)17-3-1-2-4-18(17)22/h1-8,15H,9-13H2. The molecule has 0 N–H and O–H groups in total. The predicted octanol–water partition coefficient (Wildman–Crippen LogP) is 3.13. The molecule has 1 saturated heterocycles. The lowest BCUT2D eigenvalue weighted by molar-refractivity contribution is 0.0463. The van der Waals surface area contributed by atoms with Gasteiger partial charge in [-0.25, -0.2) is 13.2 Å². The summed E-state index contributed by atoms with van der Waals surface area (Å²) in [7, 11) is -3.53. The van der Waals surface area contributed by atoms with Gasteiger partial charge in [-0.05, 0) is 49.2 Å². The summed E-state index contributed by atoms with van der Waals surface area (Å²) in [6.07, 6.45) is 1.33. The van der Waals surface area contributed by atoms with Gasteiger partial charge in [0.2, 0.25) is 10.0 Å². The van der Waals surface area contributed by atoms with Crippen molar-refractivity contribution >= 4 is 33.3 Å². The fraction of sp³-hybridized carbons (Fsp3) is 0.316. The van der Waals surface area contributed by atoms with Gasteiger partial charge in [-0.2, -0.15) is 4.31 Å². The van der Waals surface area contributed by atoms with Crippen molar-refractivity contribution in [1.29, 1.82) is 0 Å². The molecular weight excluding hydrogens is 388 g/mol. The molecule has 2 heterocycles. The van der Waals surface area contributed by atoms with Crippen LogP contribution in [0, 0.1) is 0 Å². The molecule has 1 fully saturated rings. The highest BCUT2D eigenvalue weighted by atomic mass is 35.5. The lowest BCUT2D eigenvalue weighted by Crippen LogP contribution is -2.49. The summed E-state index contributed by atoms with van der Waals surface area (Å²) in [5.74, 6) is -0.315. The molecule has 0 unspecified atom stereocenters. The first-order chi connectivity index (χ1) is 13.0. The number of cyclic esters (lactones) is 1. The smallest absolute Gasteiger partial charge is 0.341 e. The van der Waals surface area contributed by atoms with Gasteiger partial charge < -0.3 is 9.64 Å². The minimum atomic E-state index is -3.53. The number of carbonyl (C=O) groups is 1. The highest BCUT2D eigenvalue weighted by molar-refractivity contribution is 7.89. The minimum absolute atomic E-state index is 0.121. The number of benzene rings is 2. The highest BCUT2D eigenvalue weighted by Crippen LogP contribution is 2.31. The van der Waals surface area contributed by atoms with Crippen molar-refractivity contribution in [1.82, 2.24) is 4.31 Å². The van der Waals surface area contributed by atoms with Gasteiger partial charge >= 0.3 is 5.97 Å². The van der Waals surface area contributed by atoms with E-state index in [4.69, 9.17) is 16.3 Å². The number of ether oxygens (including phenoxy) is 1. The van der Waals surface area contributed by atoms with Crippen molar-refractivity contribution in [3.05, 3.63) is 59.1 Å². The Kier molecular flexibility index (Phi) is 4.84. The summed E-state index contributed by atoms with van der Waals surface area (Å²) in [6, 6.07) is 13.7. The molecule has 142 valence electrons. The van der Waals surface area contributed by atoms with Crippen molar-refractivity contribution in [2.75, 3.05) is 24.7 Å². The van der Waals surface area contributed by atoms with E-state index >= 15 is 0 Å². The number of halogens is 1. The molecule has 0 aromatic heterocycles. The molecule has 0 aliphatic carbocycles. The lowest BCUT2D eigenvalue weighted by atomic mass is 10.0. The molecule has 2 aromatic rings. The Morgan fingerprint density at radius 2 is 1.67 bits per heavy atom. The molecule has 4 rings (SSSR count). The maximum atomic E-state index is 12.8. The minimum Gasteiger partial charge on any atom is -0.441 e. The van der Waals surface area contributed by atoms with Crippen LogP contribution in [-0.4, -0.2) is 44.6 Å². The van der Waals surface area contributed by atoms with E-state index in [9.17, 15) is 13.2 Å². The van der Waals surface area contributed by atoms with Gasteiger partial charge in [0.05, 0.1) is 16.1 Å². The molecule has 0 amide bonds. The van der Waals surface area contributed by atoms with Gasteiger partial charge in [0, 0.05) is 24.2 Å². The first-order valence-corrected chi connectivity index (χ1v) is 10.6. The second-order valence-corrected chi connectivity index (χ2v) is 9.01. The number of rotatable bonds is 3. The summed E-state index contributed by atoms with van der Waals surface area (Å²) in [5.41, 5.74) is 1.41. The lowest BCUT2D eigenvalue weighted by Gasteiger charge is -2.41. The molecule has 2 aliphatic rings. The maximum Gasteiger partial charge on any atom is 0.341 e. The quantitative estimate of drug-likeness (QED) is 0.732. The fourth-order valence-electron chi connectivity index (χ4n) is 3.62. The van der Waals surface area contributed by atoms with Gasteiger partial charge in [-0.15, -0.1) is 0 Å². The highest BCUT2D eigenvalue weighted by Gasteiger charge is 2.34. The molecule has 2 aromatic carbocycles. The van der Waals surface area contributed by atoms with Crippen LogP contribution < -0.4 is 4.90 Å². The van der Waals surface area contributed by atoms with Crippen LogP contribution in [0.3, 0.4) is 0 Å². The van der Waals surface area contributed by atoms with E-state index in [1.807, 2.05) is 18.2 Å². The van der Waals surface area contributed by atoms with Crippen molar-refractivity contribution in [3.63, 3.8) is 0 Å². The number of esters is 1. The number of sulfonamides is 1. The first-order valence-electron chi connectivity index (χ1n) is 8.75. The Morgan fingerprint density at radius 3 is 2.37 bits per heavy atom. The van der Waals surface area contributed by atoms with Gasteiger partial charge in [0.1, 0.15) is 0 Å². The Morgan fingerprint density at radius 1 is 1.00 bits per heavy atom. The molecule has 27 heavy (non-hydrogen) atoms. The summed E-state index contributed by atoms with van der Waals surface area (Å²) >= 11 is 5.85. The van der Waals surface area contributed by atoms with E-state index in [1.54, 1.807) is 18.2 Å². The van der Waals surface area contributed by atoms with Crippen molar-refractivity contribution in [3.8, 4) is 0 Å². The number of hydrogen-bond donors (Lipinski definition) is 0. The average molecular weight is 407 g/mol. The van der Waals surface area contributed by atoms with E-state index in [1.165, 1.54) is 16.4 Å². The molecule has 0 spiro atoms. The molecule has 0 bridgehead atoms. The monoisotopic (exact) mass is 406 g/mol. The molecule has 0 radical (unpaired) electrons. The molecule has 0 saturated carbocycles. The predicted molar refractivity (Wildman–Crippen MR) is 102 cm³/mol. The topological polar surface area (TPSA) is 66.9 Å². The summed E-state index contributed by atoms with van der Waals surface area (Å²) in [6.45, 7) is 1.04. The molecular formula is C19H19ClN2O4S. The summed E-state index contributed by atoms with van der Waals surface area (Å²) in [4.78, 5) is 14.2. The third-order valence-electron chi connectivity index (χ3n) is 5.08. The third-order valence-corrected chi connectivity index (χ3v) is 7.25. The van der Waals surface area contributed by atoms with Gasteiger partial charge in [0.15, 0.2) is 6.73 Å². The van der Waals surface area contributed by atoms with Crippen LogP contribution in [0.5, 0.6) is 0 Å². The summed E-state index contributed by atoms with van der Waals surface area (Å²) in [5, 5.41) is 0.506. The molecule has 8 heteroatoms. The van der Waals surface area contributed by atoms with Crippen LogP contribution >= 0.6 is 11.6 Å². The van der Waals surface area contributed by atoms with Gasteiger partial charge in [-0.3, -0.25) is 0 Å². The Bertz CT molecular complexity index is 954. The zero-order chi connectivity index (χ0) is 19.0. The van der Waals surface area contributed by atoms with E-state index < -0.39 is 10.0 Å². The summed E-state index contributed by atoms with van der Waals surface area (Å²) < 4.78 is 32.4. The Balaban J connectivity index is 1.49. The van der Waals surface area contributed by atoms with E-state index in [0.717, 1.165) is 5.69 Å². The van der Waals surface area contributed by atoms with Crippen molar-refractivity contribution in [2.24, 2.45) is 0 Å². The van der Waals surface area contributed by atoms with E-state index in [0.29, 0.717) is 36.5 Å². The van der Waals surface area contributed by atoms with Crippen LogP contribution in [0.2, 0.25) is 5.02 Å². The number of para-hydroxylation sites is 1. The van der Waals surface area contributed by atoms with Crippen LogP contribution in [0.4, 0.5) is 5.69 Å². The second kappa shape index (κ2) is 7.14. The fourth-order valence-corrected chi connectivity index (χ4v) is 5.22. The maximum absolute atomic E-state index is 12.8. The average Bonchev–Trinajstić information content (AvgIpc) is 2.69. The SMILES string of the molecule is O=C1OCN(C2CCN(S(=O)(=O)c3ccc(Cl)cc3)CC2)c2ccccc21. The number of fused-ring (bicyclic) bond motifs is 1. The normalized spacial score (nSPS) is 18.9. The van der Waals surface area contributed by atoms with Crippen molar-refractivity contribution in [2.45, 2.75) is 23.8 Å². The zero-order valence-corrected chi connectivity index (χ0v) is 16.1. The zero-order valence-electron chi connectivity index (χ0n) is 14.5. The van der Waals surface area contributed by atoms with E-state index in [-0.39, 0.29) is 23.6 Å². The van der Waals surface area contributed by atoms with Crippen LogP contribution in [0.1, 0.15) is 23.2 Å². The first kappa shape index (κ1) is 18.3. The number of hydrogen-bond acceptors (Lipinski definition) is 5. The number of piperidine rings is 1. The van der Waals surface area contributed by atoms with Crippen molar-refractivity contribution < 1.29 is 17.9 Å². The molecule has 6 nitrogen and oxygen atoms in total. The van der Waals surface area contributed by atoms with Crippen LogP contribution in [-0.2, 0) is 14.8 Å². The van der Waals surface area contributed by atoms with Crippen LogP contribution in [0.15, 0.2) is 53.4 Å². The molecule has 2 aliphatic heterocycles. The van der Waals surface area contributed by atoms with E-state index in [2.05, 4.69) is 4.90 Å². The Labute approximate surface area is 163 Å². The van der Waals surface area contributed by atoms with Crippen LogP contribution in [0.25, 0.3) is 0 Å².